The maximum Gasteiger partial charge on any atom is 0.230 e. The maximum atomic E-state index is 12.9. The molecule has 2 heterocycles. The van der Waals surface area contributed by atoms with E-state index in [-0.39, 0.29) is 11.8 Å². The zero-order valence-electron chi connectivity index (χ0n) is 15.5. The van der Waals surface area contributed by atoms with Crippen LogP contribution in [0.3, 0.4) is 0 Å². The molecule has 26 heavy (non-hydrogen) atoms. The molecule has 2 aliphatic rings. The lowest BCUT2D eigenvalue weighted by Crippen LogP contribution is -2.44. The van der Waals surface area contributed by atoms with Crippen molar-refractivity contribution < 1.29 is 4.79 Å². The van der Waals surface area contributed by atoms with E-state index in [1.165, 1.54) is 11.3 Å². The number of hydrogen-bond donors (Lipinski definition) is 0. The third-order valence-electron chi connectivity index (χ3n) is 5.69. The van der Waals surface area contributed by atoms with Crippen molar-refractivity contribution in [3.63, 3.8) is 0 Å². The molecule has 0 radical (unpaired) electrons. The smallest absolute Gasteiger partial charge is 0.230 e. The van der Waals surface area contributed by atoms with E-state index in [9.17, 15) is 4.79 Å². The Morgan fingerprint density at radius 3 is 2.35 bits per heavy atom. The van der Waals surface area contributed by atoms with Crippen LogP contribution < -0.4 is 9.80 Å². The first-order chi connectivity index (χ1) is 12.7. The highest BCUT2D eigenvalue weighted by molar-refractivity contribution is 5.97. The van der Waals surface area contributed by atoms with Gasteiger partial charge in [0.25, 0.3) is 0 Å². The SMILES string of the molecule is [11CH3]N1CCN(c2ccccc2C[C@@H]2CCN(c3ccccc3)C2=O)CC1. The second kappa shape index (κ2) is 7.50. The van der Waals surface area contributed by atoms with Crippen LogP contribution in [0.15, 0.2) is 54.6 Å². The molecule has 2 fully saturated rings. The van der Waals surface area contributed by atoms with Crippen LogP contribution in [0.25, 0.3) is 0 Å². The maximum absolute atomic E-state index is 12.9. The number of rotatable bonds is 4. The van der Waals surface area contributed by atoms with Gasteiger partial charge in [-0.2, -0.15) is 0 Å². The summed E-state index contributed by atoms with van der Waals surface area (Å²) in [6.07, 6.45) is 1.77. The Morgan fingerprint density at radius 2 is 1.58 bits per heavy atom. The van der Waals surface area contributed by atoms with Gasteiger partial charge in [-0.05, 0) is 43.7 Å². The average molecular weight is 348 g/mol. The standard InChI is InChI=1S/C22H27N3O/c1-23-13-15-24(16-14-23)21-10-6-5-7-18(21)17-19-11-12-25(22(19)26)20-8-3-2-4-9-20/h2-10,19H,11-17H2,1H3/t19-/m0/s1/i1-1. The molecule has 2 aliphatic heterocycles. The van der Waals surface area contributed by atoms with Gasteiger partial charge in [-0.25, -0.2) is 0 Å². The fourth-order valence-electron chi connectivity index (χ4n) is 4.10. The van der Waals surface area contributed by atoms with E-state index in [1.807, 2.05) is 35.2 Å². The van der Waals surface area contributed by atoms with E-state index in [1.54, 1.807) is 0 Å². The van der Waals surface area contributed by atoms with Crippen LogP contribution in [-0.4, -0.2) is 50.6 Å². The molecule has 2 aromatic carbocycles. The zero-order valence-corrected chi connectivity index (χ0v) is 15.5. The Hall–Kier alpha value is -2.33. The highest BCUT2D eigenvalue weighted by atomic mass is 16.2. The molecule has 2 saturated heterocycles. The molecule has 0 N–H and O–H groups in total. The quantitative estimate of drug-likeness (QED) is 0.850. The molecule has 0 aromatic heterocycles. The fourth-order valence-corrected chi connectivity index (χ4v) is 4.10. The summed E-state index contributed by atoms with van der Waals surface area (Å²) in [6, 6.07) is 18.7. The molecule has 1 amide bonds. The topological polar surface area (TPSA) is 26.8 Å². The van der Waals surface area contributed by atoms with E-state index in [0.29, 0.717) is 0 Å². The van der Waals surface area contributed by atoms with Gasteiger partial charge in [-0.1, -0.05) is 36.4 Å². The number of nitrogens with zero attached hydrogens (tertiary/aromatic N) is 3. The molecule has 1 atom stereocenters. The minimum absolute atomic E-state index is 0.0869. The third-order valence-corrected chi connectivity index (χ3v) is 5.69. The molecule has 0 unspecified atom stereocenters. The number of amides is 1. The van der Waals surface area contributed by atoms with Gasteiger partial charge >= 0.3 is 0 Å². The molecule has 4 nitrogen and oxygen atoms in total. The Kier molecular flexibility index (Phi) is 4.93. The molecule has 0 aliphatic carbocycles. The summed E-state index contributed by atoms with van der Waals surface area (Å²) in [4.78, 5) is 19.7. The average Bonchev–Trinajstić information content (AvgIpc) is 3.04. The van der Waals surface area contributed by atoms with Gasteiger partial charge in [0.1, 0.15) is 0 Å². The molecule has 2 aromatic rings. The monoisotopic (exact) mass is 348 g/mol. The van der Waals surface area contributed by atoms with Crippen LogP contribution in [0.1, 0.15) is 12.0 Å². The van der Waals surface area contributed by atoms with Gasteiger partial charge in [0.05, 0.1) is 0 Å². The summed E-state index contributed by atoms with van der Waals surface area (Å²) in [5, 5.41) is 0. The summed E-state index contributed by atoms with van der Waals surface area (Å²) in [7, 11) is 2.18. The van der Waals surface area contributed by atoms with Crippen molar-refractivity contribution >= 4 is 17.3 Å². The van der Waals surface area contributed by atoms with E-state index < -0.39 is 0 Å². The number of likely N-dealkylation sites (N-methyl/N-ethyl adjacent to an activating group) is 1. The lowest BCUT2D eigenvalue weighted by molar-refractivity contribution is -0.120. The summed E-state index contributed by atoms with van der Waals surface area (Å²) >= 11 is 0. The molecule has 0 spiro atoms. The first-order valence-electron chi connectivity index (χ1n) is 9.60. The third kappa shape index (κ3) is 3.47. The molecule has 0 saturated carbocycles. The van der Waals surface area contributed by atoms with Crippen LogP contribution >= 0.6 is 0 Å². The van der Waals surface area contributed by atoms with Crippen LogP contribution in [0, 0.1) is 5.92 Å². The van der Waals surface area contributed by atoms with Gasteiger partial charge < -0.3 is 14.7 Å². The summed E-state index contributed by atoms with van der Waals surface area (Å²) in [5.74, 6) is 0.355. The van der Waals surface area contributed by atoms with Crippen LogP contribution in [0.5, 0.6) is 0 Å². The van der Waals surface area contributed by atoms with Gasteiger partial charge in [0, 0.05) is 50.0 Å². The summed E-state index contributed by atoms with van der Waals surface area (Å²) in [5.41, 5.74) is 3.64. The Bertz CT molecular complexity index is 753. The number of anilines is 2. The van der Waals surface area contributed by atoms with Crippen molar-refractivity contribution in [2.75, 3.05) is 49.6 Å². The number of para-hydroxylation sites is 2. The normalized spacial score (nSPS) is 21.4. The van der Waals surface area contributed by atoms with Gasteiger partial charge in [0.2, 0.25) is 5.91 Å². The number of carbonyl (C=O) groups excluding carboxylic acids is 1. The second-order valence-corrected chi connectivity index (χ2v) is 7.43. The summed E-state index contributed by atoms with van der Waals surface area (Å²) in [6.45, 7) is 5.13. The Labute approximate surface area is 156 Å². The Morgan fingerprint density at radius 1 is 0.885 bits per heavy atom. The number of piperazine rings is 1. The van der Waals surface area contributed by atoms with Crippen LogP contribution in [0.4, 0.5) is 11.4 Å². The van der Waals surface area contributed by atoms with Crippen molar-refractivity contribution in [2.45, 2.75) is 12.8 Å². The minimum atomic E-state index is 0.0869. The van der Waals surface area contributed by atoms with Crippen molar-refractivity contribution in [3.05, 3.63) is 60.2 Å². The summed E-state index contributed by atoms with van der Waals surface area (Å²) < 4.78 is 0. The number of carbonyl (C=O) groups is 1. The number of benzene rings is 2. The Balaban J connectivity index is 1.49. The lowest BCUT2D eigenvalue weighted by Gasteiger charge is -2.35. The fraction of sp³-hybridized carbons (Fsp3) is 0.409. The molecule has 0 bridgehead atoms. The van der Waals surface area contributed by atoms with E-state index >= 15 is 0 Å². The molecular formula is C22H27N3O. The van der Waals surface area contributed by atoms with Gasteiger partial charge in [0.15, 0.2) is 0 Å². The van der Waals surface area contributed by atoms with E-state index in [4.69, 9.17) is 0 Å². The zero-order chi connectivity index (χ0) is 17.9. The molecule has 4 heteroatoms. The predicted molar refractivity (Wildman–Crippen MR) is 107 cm³/mol. The minimum Gasteiger partial charge on any atom is -0.369 e. The van der Waals surface area contributed by atoms with Crippen molar-refractivity contribution in [3.8, 4) is 0 Å². The first-order valence-corrected chi connectivity index (χ1v) is 9.60. The highest BCUT2D eigenvalue weighted by Crippen LogP contribution is 2.31. The van der Waals surface area contributed by atoms with Crippen LogP contribution in [-0.2, 0) is 11.2 Å². The van der Waals surface area contributed by atoms with Crippen molar-refractivity contribution in [1.29, 1.82) is 0 Å². The lowest BCUT2D eigenvalue weighted by atomic mass is 9.96. The predicted octanol–water partition coefficient (Wildman–Crippen LogP) is 3.03. The van der Waals surface area contributed by atoms with E-state index in [2.05, 4.69) is 41.1 Å². The van der Waals surface area contributed by atoms with Gasteiger partial charge in [-0.3, -0.25) is 4.79 Å². The molecule has 4 rings (SSSR count). The molecular weight excluding hydrogens is 321 g/mol. The van der Waals surface area contributed by atoms with Crippen molar-refractivity contribution in [1.82, 2.24) is 4.90 Å². The largest absolute Gasteiger partial charge is 0.369 e. The number of hydrogen-bond acceptors (Lipinski definition) is 3. The second-order valence-electron chi connectivity index (χ2n) is 7.43. The van der Waals surface area contributed by atoms with Crippen molar-refractivity contribution in [2.24, 2.45) is 5.92 Å². The van der Waals surface area contributed by atoms with E-state index in [0.717, 1.165) is 51.3 Å². The van der Waals surface area contributed by atoms with Crippen LogP contribution in [0.2, 0.25) is 0 Å². The van der Waals surface area contributed by atoms with Gasteiger partial charge in [-0.15, -0.1) is 0 Å². The highest BCUT2D eigenvalue weighted by Gasteiger charge is 2.33. The first kappa shape index (κ1) is 17.1. The molecule has 136 valence electrons.